The fourth-order valence-electron chi connectivity index (χ4n) is 1.26. The normalized spacial score (nSPS) is 11.2. The minimum Gasteiger partial charge on any atom is -0.461 e. The predicted molar refractivity (Wildman–Crippen MR) is 60.7 cm³/mol. The second-order valence-electron chi connectivity index (χ2n) is 3.43. The SMILES string of the molecule is CCOC(=O)/C(Cc1ccc(C)cc1)=N\O. The van der Waals surface area contributed by atoms with Crippen molar-refractivity contribution in [3.8, 4) is 0 Å². The molecule has 16 heavy (non-hydrogen) atoms. The fraction of sp³-hybridized carbons (Fsp3) is 0.333. The van der Waals surface area contributed by atoms with Gasteiger partial charge < -0.3 is 9.94 Å². The summed E-state index contributed by atoms with van der Waals surface area (Å²) in [5.41, 5.74) is 2.07. The monoisotopic (exact) mass is 221 g/mol. The summed E-state index contributed by atoms with van der Waals surface area (Å²) in [5.74, 6) is -0.578. The minimum absolute atomic E-state index is 0.0192. The van der Waals surface area contributed by atoms with Gasteiger partial charge in [-0.3, -0.25) is 0 Å². The molecule has 0 spiro atoms. The molecule has 0 fully saturated rings. The first kappa shape index (κ1) is 12.2. The number of benzene rings is 1. The van der Waals surface area contributed by atoms with Crippen molar-refractivity contribution < 1.29 is 14.7 Å². The summed E-state index contributed by atoms with van der Waals surface area (Å²) in [6, 6.07) is 7.66. The molecule has 0 bridgehead atoms. The van der Waals surface area contributed by atoms with Gasteiger partial charge >= 0.3 is 5.97 Å². The van der Waals surface area contributed by atoms with Gasteiger partial charge in [0.1, 0.15) is 0 Å². The topological polar surface area (TPSA) is 58.9 Å². The van der Waals surface area contributed by atoms with Crippen molar-refractivity contribution in [2.45, 2.75) is 20.3 Å². The van der Waals surface area contributed by atoms with Gasteiger partial charge in [-0.15, -0.1) is 0 Å². The Balaban J connectivity index is 2.71. The Labute approximate surface area is 94.5 Å². The van der Waals surface area contributed by atoms with Crippen molar-refractivity contribution in [2.75, 3.05) is 6.61 Å². The number of ether oxygens (including phenoxy) is 1. The molecule has 0 saturated carbocycles. The van der Waals surface area contributed by atoms with Gasteiger partial charge in [-0.1, -0.05) is 35.0 Å². The van der Waals surface area contributed by atoms with Crippen LogP contribution in [0.15, 0.2) is 29.4 Å². The lowest BCUT2D eigenvalue weighted by molar-refractivity contribution is -0.135. The van der Waals surface area contributed by atoms with Gasteiger partial charge in [0.15, 0.2) is 5.71 Å². The molecular formula is C12H15NO3. The van der Waals surface area contributed by atoms with Gasteiger partial charge in [-0.25, -0.2) is 4.79 Å². The van der Waals surface area contributed by atoms with E-state index in [1.165, 1.54) is 0 Å². The highest BCUT2D eigenvalue weighted by molar-refractivity contribution is 6.36. The van der Waals surface area contributed by atoms with E-state index in [0.717, 1.165) is 11.1 Å². The van der Waals surface area contributed by atoms with E-state index in [9.17, 15) is 4.79 Å². The summed E-state index contributed by atoms with van der Waals surface area (Å²) in [7, 11) is 0. The highest BCUT2D eigenvalue weighted by Gasteiger charge is 2.13. The third-order valence-electron chi connectivity index (χ3n) is 2.12. The van der Waals surface area contributed by atoms with Crippen molar-refractivity contribution in [2.24, 2.45) is 5.16 Å². The molecule has 4 heteroatoms. The minimum atomic E-state index is -0.578. The summed E-state index contributed by atoms with van der Waals surface area (Å²) < 4.78 is 4.76. The fourth-order valence-corrected chi connectivity index (χ4v) is 1.26. The summed E-state index contributed by atoms with van der Waals surface area (Å²) in [4.78, 5) is 11.3. The molecule has 0 aliphatic rings. The van der Waals surface area contributed by atoms with Gasteiger partial charge in [0.2, 0.25) is 0 Å². The first-order valence-electron chi connectivity index (χ1n) is 5.11. The second-order valence-corrected chi connectivity index (χ2v) is 3.43. The molecule has 0 amide bonds. The zero-order valence-electron chi connectivity index (χ0n) is 9.43. The first-order chi connectivity index (χ1) is 7.67. The summed E-state index contributed by atoms with van der Waals surface area (Å²) in [5, 5.41) is 11.7. The number of aryl methyl sites for hydroxylation is 1. The van der Waals surface area contributed by atoms with Crippen LogP contribution in [0.4, 0.5) is 0 Å². The van der Waals surface area contributed by atoms with Crippen LogP contribution in [0.3, 0.4) is 0 Å². The van der Waals surface area contributed by atoms with E-state index in [0.29, 0.717) is 0 Å². The Hall–Kier alpha value is -1.84. The molecule has 4 nitrogen and oxygen atoms in total. The molecule has 0 aliphatic heterocycles. The van der Waals surface area contributed by atoms with Gasteiger partial charge in [0, 0.05) is 6.42 Å². The average molecular weight is 221 g/mol. The zero-order chi connectivity index (χ0) is 12.0. The van der Waals surface area contributed by atoms with E-state index in [4.69, 9.17) is 9.94 Å². The maximum Gasteiger partial charge on any atom is 0.356 e. The Kier molecular flexibility index (Phi) is 4.51. The van der Waals surface area contributed by atoms with Crippen LogP contribution in [0, 0.1) is 6.92 Å². The molecule has 0 atom stereocenters. The van der Waals surface area contributed by atoms with Crippen molar-refractivity contribution in [3.05, 3.63) is 35.4 Å². The Bertz CT molecular complexity index is 382. The lowest BCUT2D eigenvalue weighted by Gasteiger charge is -2.04. The number of esters is 1. The van der Waals surface area contributed by atoms with E-state index in [-0.39, 0.29) is 18.7 Å². The van der Waals surface area contributed by atoms with Crippen LogP contribution in [-0.4, -0.2) is 23.5 Å². The van der Waals surface area contributed by atoms with E-state index in [1.54, 1.807) is 6.92 Å². The molecule has 1 aromatic carbocycles. The number of rotatable bonds is 4. The van der Waals surface area contributed by atoms with Gasteiger partial charge in [-0.05, 0) is 19.4 Å². The molecule has 86 valence electrons. The van der Waals surface area contributed by atoms with Crippen LogP contribution in [0.5, 0.6) is 0 Å². The van der Waals surface area contributed by atoms with Crippen LogP contribution in [-0.2, 0) is 16.0 Å². The van der Waals surface area contributed by atoms with Crippen LogP contribution < -0.4 is 0 Å². The van der Waals surface area contributed by atoms with E-state index < -0.39 is 5.97 Å². The summed E-state index contributed by atoms with van der Waals surface area (Å²) in [6.45, 7) is 3.96. The third-order valence-corrected chi connectivity index (χ3v) is 2.12. The van der Waals surface area contributed by atoms with Crippen LogP contribution in [0.1, 0.15) is 18.1 Å². The van der Waals surface area contributed by atoms with Crippen LogP contribution in [0.2, 0.25) is 0 Å². The largest absolute Gasteiger partial charge is 0.461 e. The molecule has 0 radical (unpaired) electrons. The number of hydrogen-bond acceptors (Lipinski definition) is 4. The molecule has 0 unspecified atom stereocenters. The number of hydrogen-bond donors (Lipinski definition) is 1. The maximum atomic E-state index is 11.3. The number of carbonyl (C=O) groups excluding carboxylic acids is 1. The quantitative estimate of drug-likeness (QED) is 0.366. The number of nitrogens with zero attached hydrogens (tertiary/aromatic N) is 1. The molecule has 0 aliphatic carbocycles. The maximum absolute atomic E-state index is 11.3. The van der Waals surface area contributed by atoms with E-state index in [2.05, 4.69) is 5.16 Å². The average Bonchev–Trinajstić information content (AvgIpc) is 2.28. The van der Waals surface area contributed by atoms with Crippen molar-refractivity contribution >= 4 is 11.7 Å². The second kappa shape index (κ2) is 5.90. The highest BCUT2D eigenvalue weighted by Crippen LogP contribution is 2.05. The van der Waals surface area contributed by atoms with Crippen molar-refractivity contribution in [1.82, 2.24) is 0 Å². The summed E-state index contributed by atoms with van der Waals surface area (Å²) in [6.07, 6.45) is 0.273. The van der Waals surface area contributed by atoms with Gasteiger partial charge in [0.05, 0.1) is 6.61 Å². The Morgan fingerprint density at radius 3 is 2.50 bits per heavy atom. The van der Waals surface area contributed by atoms with E-state index in [1.807, 2.05) is 31.2 Å². The van der Waals surface area contributed by atoms with Crippen LogP contribution >= 0.6 is 0 Å². The van der Waals surface area contributed by atoms with E-state index >= 15 is 0 Å². The Morgan fingerprint density at radius 1 is 1.38 bits per heavy atom. The standard InChI is InChI=1S/C12H15NO3/c1-3-16-12(14)11(13-15)8-10-6-4-9(2)5-7-10/h4-7,15H,3,8H2,1-2H3/b13-11-. The molecule has 0 heterocycles. The third kappa shape index (κ3) is 3.38. The number of carbonyl (C=O) groups is 1. The van der Waals surface area contributed by atoms with Gasteiger partial charge in [0.25, 0.3) is 0 Å². The Morgan fingerprint density at radius 2 is 2.00 bits per heavy atom. The molecule has 0 aromatic heterocycles. The van der Waals surface area contributed by atoms with Crippen LogP contribution in [0.25, 0.3) is 0 Å². The van der Waals surface area contributed by atoms with Gasteiger partial charge in [-0.2, -0.15) is 0 Å². The lowest BCUT2D eigenvalue weighted by atomic mass is 10.1. The van der Waals surface area contributed by atoms with Crippen molar-refractivity contribution in [1.29, 1.82) is 0 Å². The first-order valence-corrected chi connectivity index (χ1v) is 5.11. The van der Waals surface area contributed by atoms with Crippen molar-refractivity contribution in [3.63, 3.8) is 0 Å². The lowest BCUT2D eigenvalue weighted by Crippen LogP contribution is -2.20. The molecule has 0 saturated heterocycles. The number of oxime groups is 1. The highest BCUT2D eigenvalue weighted by atomic mass is 16.5. The molecule has 1 aromatic rings. The predicted octanol–water partition coefficient (Wildman–Crippen LogP) is 1.93. The zero-order valence-corrected chi connectivity index (χ0v) is 9.43. The smallest absolute Gasteiger partial charge is 0.356 e. The molecule has 1 N–H and O–H groups in total. The summed E-state index contributed by atoms with van der Waals surface area (Å²) >= 11 is 0. The molecule has 1 rings (SSSR count). The molecular weight excluding hydrogens is 206 g/mol.